The van der Waals surface area contributed by atoms with E-state index in [4.69, 9.17) is 0 Å². The number of rotatable bonds is 6. The minimum absolute atomic E-state index is 0.00231. The second-order valence-electron chi connectivity index (χ2n) is 6.40. The van der Waals surface area contributed by atoms with Crippen LogP contribution in [0.25, 0.3) is 5.69 Å². The second kappa shape index (κ2) is 7.29. The number of thioether (sulfide) groups is 1. The molecule has 0 bridgehead atoms. The minimum atomic E-state index is -0.397. The number of nitrogens with zero attached hydrogens (tertiary/aromatic N) is 4. The molecular weight excluding hydrogens is 346 g/mol. The second-order valence-corrected chi connectivity index (χ2v) is 7.48. The molecule has 3 aromatic rings. The van der Waals surface area contributed by atoms with Crippen molar-refractivity contribution in [2.24, 2.45) is 0 Å². The van der Waals surface area contributed by atoms with Crippen molar-refractivity contribution in [3.05, 3.63) is 65.7 Å². The number of aryl methyl sites for hydroxylation is 1. The molecule has 1 saturated carbocycles. The Morgan fingerprint density at radius 3 is 2.73 bits per heavy atom. The first kappa shape index (κ1) is 16.8. The Labute approximate surface area is 156 Å². The average molecular weight is 365 g/mol. The SMILES string of the molecule is Cc1cccc(-n2nnnc2SC(C(=O)NC2CC2)c2ccccc2)c1. The topological polar surface area (TPSA) is 72.7 Å². The summed E-state index contributed by atoms with van der Waals surface area (Å²) in [6, 6.07) is 18.0. The van der Waals surface area contributed by atoms with Crippen molar-refractivity contribution in [1.82, 2.24) is 25.5 Å². The fraction of sp³-hybridized carbons (Fsp3) is 0.263. The summed E-state index contributed by atoms with van der Waals surface area (Å²) in [5, 5.41) is 15.4. The summed E-state index contributed by atoms with van der Waals surface area (Å²) < 4.78 is 1.68. The fourth-order valence-corrected chi connectivity index (χ4v) is 3.69. The van der Waals surface area contributed by atoms with Crippen molar-refractivity contribution in [2.75, 3.05) is 0 Å². The number of aromatic nitrogens is 4. The summed E-state index contributed by atoms with van der Waals surface area (Å²) >= 11 is 1.37. The standard InChI is InChI=1S/C19H19N5OS/c1-13-6-5-9-16(12-13)24-19(21-22-23-24)26-17(14-7-3-2-4-8-14)18(25)20-15-10-11-15/h2-9,12,15,17H,10-11H2,1H3,(H,20,25). The molecule has 1 heterocycles. The first-order chi connectivity index (χ1) is 12.7. The van der Waals surface area contributed by atoms with Crippen LogP contribution in [0.5, 0.6) is 0 Å². The first-order valence-corrected chi connectivity index (χ1v) is 9.46. The van der Waals surface area contributed by atoms with Crippen LogP contribution < -0.4 is 5.32 Å². The molecular formula is C19H19N5OS. The Morgan fingerprint density at radius 1 is 1.19 bits per heavy atom. The Balaban J connectivity index is 1.64. The Hall–Kier alpha value is -2.67. The Kier molecular flexibility index (Phi) is 4.71. The van der Waals surface area contributed by atoms with Gasteiger partial charge in [0.25, 0.3) is 0 Å². The maximum atomic E-state index is 12.8. The van der Waals surface area contributed by atoms with Crippen LogP contribution in [0.1, 0.15) is 29.2 Å². The van der Waals surface area contributed by atoms with E-state index >= 15 is 0 Å². The molecule has 1 atom stereocenters. The van der Waals surface area contributed by atoms with Gasteiger partial charge in [0, 0.05) is 6.04 Å². The van der Waals surface area contributed by atoms with Crippen molar-refractivity contribution in [2.45, 2.75) is 36.2 Å². The van der Waals surface area contributed by atoms with Crippen LogP contribution >= 0.6 is 11.8 Å². The number of nitrogens with one attached hydrogen (secondary N) is 1. The van der Waals surface area contributed by atoms with E-state index in [2.05, 4.69) is 20.8 Å². The van der Waals surface area contributed by atoms with Crippen molar-refractivity contribution in [1.29, 1.82) is 0 Å². The van der Waals surface area contributed by atoms with Crippen molar-refractivity contribution in [3.8, 4) is 5.69 Å². The average Bonchev–Trinajstić information content (AvgIpc) is 3.34. The van der Waals surface area contributed by atoms with Gasteiger partial charge in [0.1, 0.15) is 5.25 Å². The third kappa shape index (κ3) is 3.77. The van der Waals surface area contributed by atoms with Crippen LogP contribution in [0.4, 0.5) is 0 Å². The molecule has 132 valence electrons. The van der Waals surface area contributed by atoms with Gasteiger partial charge in [-0.05, 0) is 53.5 Å². The van der Waals surface area contributed by atoms with Crippen molar-refractivity contribution < 1.29 is 4.79 Å². The molecule has 7 heteroatoms. The van der Waals surface area contributed by atoms with Gasteiger partial charge in [-0.1, -0.05) is 54.2 Å². The lowest BCUT2D eigenvalue weighted by Crippen LogP contribution is -2.29. The van der Waals surface area contributed by atoms with Crippen LogP contribution in [0, 0.1) is 6.92 Å². The molecule has 1 aliphatic rings. The summed E-state index contributed by atoms with van der Waals surface area (Å²) in [5.41, 5.74) is 2.95. The highest BCUT2D eigenvalue weighted by molar-refractivity contribution is 8.00. The highest BCUT2D eigenvalue weighted by Crippen LogP contribution is 2.35. The van der Waals surface area contributed by atoms with Crippen LogP contribution in [-0.4, -0.2) is 32.2 Å². The van der Waals surface area contributed by atoms with Gasteiger partial charge in [-0.15, -0.1) is 5.10 Å². The van der Waals surface area contributed by atoms with E-state index in [1.807, 2.05) is 61.5 Å². The number of tetrazole rings is 1. The largest absolute Gasteiger partial charge is 0.352 e. The zero-order chi connectivity index (χ0) is 17.9. The smallest absolute Gasteiger partial charge is 0.238 e. The molecule has 0 saturated heterocycles. The van der Waals surface area contributed by atoms with Gasteiger partial charge >= 0.3 is 0 Å². The number of hydrogen-bond acceptors (Lipinski definition) is 5. The number of hydrogen-bond donors (Lipinski definition) is 1. The third-order valence-electron chi connectivity index (χ3n) is 4.17. The summed E-state index contributed by atoms with van der Waals surface area (Å²) in [6.07, 6.45) is 2.11. The fourth-order valence-electron chi connectivity index (χ4n) is 2.68. The lowest BCUT2D eigenvalue weighted by atomic mass is 10.1. The summed E-state index contributed by atoms with van der Waals surface area (Å²) in [5.74, 6) is 0.00231. The van der Waals surface area contributed by atoms with Crippen LogP contribution in [0.15, 0.2) is 59.8 Å². The maximum Gasteiger partial charge on any atom is 0.238 e. The van der Waals surface area contributed by atoms with Gasteiger partial charge in [-0.25, -0.2) is 0 Å². The lowest BCUT2D eigenvalue weighted by Gasteiger charge is -2.16. The third-order valence-corrected chi connectivity index (χ3v) is 5.36. The van der Waals surface area contributed by atoms with E-state index < -0.39 is 5.25 Å². The summed E-state index contributed by atoms with van der Waals surface area (Å²) in [7, 11) is 0. The molecule has 1 fully saturated rings. The molecule has 2 aromatic carbocycles. The predicted octanol–water partition coefficient (Wildman–Crippen LogP) is 3.08. The van der Waals surface area contributed by atoms with E-state index in [0.29, 0.717) is 11.2 Å². The molecule has 0 radical (unpaired) electrons. The Bertz CT molecular complexity index is 907. The number of carbonyl (C=O) groups is 1. The molecule has 1 N–H and O–H groups in total. The van der Waals surface area contributed by atoms with E-state index in [-0.39, 0.29) is 5.91 Å². The van der Waals surface area contributed by atoms with Gasteiger partial charge in [0.2, 0.25) is 11.1 Å². The van der Waals surface area contributed by atoms with Crippen molar-refractivity contribution in [3.63, 3.8) is 0 Å². The molecule has 1 aliphatic carbocycles. The minimum Gasteiger partial charge on any atom is -0.352 e. The zero-order valence-corrected chi connectivity index (χ0v) is 15.2. The molecule has 1 aromatic heterocycles. The van der Waals surface area contributed by atoms with E-state index in [1.54, 1.807) is 4.68 Å². The summed E-state index contributed by atoms with van der Waals surface area (Å²) in [6.45, 7) is 2.02. The van der Waals surface area contributed by atoms with Crippen LogP contribution in [0.2, 0.25) is 0 Å². The molecule has 26 heavy (non-hydrogen) atoms. The quantitative estimate of drug-likeness (QED) is 0.680. The molecule has 1 unspecified atom stereocenters. The number of amides is 1. The normalized spacial score (nSPS) is 14.8. The summed E-state index contributed by atoms with van der Waals surface area (Å²) in [4.78, 5) is 12.8. The van der Waals surface area contributed by atoms with Crippen LogP contribution in [-0.2, 0) is 4.79 Å². The number of carbonyl (C=O) groups excluding carboxylic acids is 1. The predicted molar refractivity (Wildman–Crippen MR) is 100 cm³/mol. The van der Waals surface area contributed by atoms with Crippen molar-refractivity contribution >= 4 is 17.7 Å². The molecule has 6 nitrogen and oxygen atoms in total. The monoisotopic (exact) mass is 365 g/mol. The van der Waals surface area contributed by atoms with E-state index in [0.717, 1.165) is 29.7 Å². The first-order valence-electron chi connectivity index (χ1n) is 8.58. The molecule has 0 spiro atoms. The zero-order valence-electron chi connectivity index (χ0n) is 14.4. The Morgan fingerprint density at radius 2 is 2.00 bits per heavy atom. The van der Waals surface area contributed by atoms with E-state index in [9.17, 15) is 4.79 Å². The van der Waals surface area contributed by atoms with Gasteiger partial charge in [-0.2, -0.15) is 4.68 Å². The van der Waals surface area contributed by atoms with Gasteiger partial charge in [-0.3, -0.25) is 4.79 Å². The maximum absolute atomic E-state index is 12.8. The van der Waals surface area contributed by atoms with Gasteiger partial charge in [0.15, 0.2) is 0 Å². The highest BCUT2D eigenvalue weighted by atomic mass is 32.2. The highest BCUT2D eigenvalue weighted by Gasteiger charge is 2.30. The molecule has 0 aliphatic heterocycles. The number of benzene rings is 2. The van der Waals surface area contributed by atoms with Crippen LogP contribution in [0.3, 0.4) is 0 Å². The molecule has 4 rings (SSSR count). The molecule has 1 amide bonds. The van der Waals surface area contributed by atoms with Gasteiger partial charge in [0.05, 0.1) is 5.69 Å². The lowest BCUT2D eigenvalue weighted by molar-refractivity contribution is -0.120. The van der Waals surface area contributed by atoms with E-state index in [1.165, 1.54) is 11.8 Å². The van der Waals surface area contributed by atoms with Gasteiger partial charge < -0.3 is 5.32 Å².